The van der Waals surface area contributed by atoms with Gasteiger partial charge in [-0.05, 0) is 57.9 Å². The Kier molecular flexibility index (Phi) is 4.08. The number of carbonyl (C=O) groups excluding carboxylic acids is 1. The molecule has 0 bridgehead atoms. The first-order valence-corrected chi connectivity index (χ1v) is 7.20. The summed E-state index contributed by atoms with van der Waals surface area (Å²) in [6.07, 6.45) is 7.08. The predicted molar refractivity (Wildman–Crippen MR) is 69.9 cm³/mol. The van der Waals surface area contributed by atoms with Crippen molar-refractivity contribution >= 4 is 5.91 Å². The third-order valence-electron chi connectivity index (χ3n) is 4.05. The van der Waals surface area contributed by atoms with Gasteiger partial charge in [0.25, 0.3) is 0 Å². The van der Waals surface area contributed by atoms with Crippen LogP contribution in [-0.4, -0.2) is 36.0 Å². The van der Waals surface area contributed by atoms with Crippen molar-refractivity contribution in [2.45, 2.75) is 57.9 Å². The molecule has 0 aromatic heterocycles. The minimum atomic E-state index is -0.289. The summed E-state index contributed by atoms with van der Waals surface area (Å²) in [7, 11) is 0. The summed E-state index contributed by atoms with van der Waals surface area (Å²) < 4.78 is 0. The Balaban J connectivity index is 1.97. The van der Waals surface area contributed by atoms with Crippen LogP contribution in [0.3, 0.4) is 0 Å². The highest BCUT2D eigenvalue weighted by Crippen LogP contribution is 2.31. The van der Waals surface area contributed by atoms with Crippen LogP contribution in [0.15, 0.2) is 0 Å². The second kappa shape index (κ2) is 5.38. The molecule has 1 N–H and O–H groups in total. The van der Waals surface area contributed by atoms with Crippen molar-refractivity contribution in [2.75, 3.05) is 19.6 Å². The molecule has 0 spiro atoms. The maximum atomic E-state index is 12.6. The Morgan fingerprint density at radius 3 is 2.71 bits per heavy atom. The summed E-state index contributed by atoms with van der Waals surface area (Å²) in [4.78, 5) is 14.7. The van der Waals surface area contributed by atoms with E-state index >= 15 is 0 Å². The summed E-state index contributed by atoms with van der Waals surface area (Å²) in [5.74, 6) is 1.13. The molecule has 1 saturated carbocycles. The van der Waals surface area contributed by atoms with Crippen LogP contribution in [0.5, 0.6) is 0 Å². The van der Waals surface area contributed by atoms with E-state index in [-0.39, 0.29) is 5.54 Å². The third kappa shape index (κ3) is 3.21. The summed E-state index contributed by atoms with van der Waals surface area (Å²) in [5, 5.41) is 3.44. The van der Waals surface area contributed by atoms with Gasteiger partial charge in [-0.1, -0.05) is 6.92 Å². The van der Waals surface area contributed by atoms with Gasteiger partial charge >= 0.3 is 0 Å². The molecular formula is C14H26N2O. The summed E-state index contributed by atoms with van der Waals surface area (Å²) in [6, 6.07) is 0. The van der Waals surface area contributed by atoms with Crippen molar-refractivity contribution in [3.63, 3.8) is 0 Å². The van der Waals surface area contributed by atoms with E-state index < -0.39 is 0 Å². The van der Waals surface area contributed by atoms with Crippen LogP contribution in [0.25, 0.3) is 0 Å². The molecule has 0 aromatic carbocycles. The lowest BCUT2D eigenvalue weighted by Crippen LogP contribution is -2.58. The maximum absolute atomic E-state index is 12.6. The van der Waals surface area contributed by atoms with Gasteiger partial charge in [-0.2, -0.15) is 0 Å². The standard InChI is InChI=1S/C14H26N2O/c1-3-10-16(11-12-6-7-12)13(17)14(2)8-4-5-9-15-14/h12,15H,3-11H2,1-2H3. The molecule has 3 heteroatoms. The van der Waals surface area contributed by atoms with E-state index in [4.69, 9.17) is 0 Å². The molecule has 98 valence electrons. The Morgan fingerprint density at radius 1 is 1.41 bits per heavy atom. The smallest absolute Gasteiger partial charge is 0.242 e. The fourth-order valence-electron chi connectivity index (χ4n) is 2.75. The van der Waals surface area contributed by atoms with Crippen molar-refractivity contribution in [1.82, 2.24) is 10.2 Å². The Hall–Kier alpha value is -0.570. The molecule has 0 radical (unpaired) electrons. The molecular weight excluding hydrogens is 212 g/mol. The van der Waals surface area contributed by atoms with Crippen LogP contribution in [0.1, 0.15) is 52.4 Å². The monoisotopic (exact) mass is 238 g/mol. The van der Waals surface area contributed by atoms with Crippen molar-refractivity contribution < 1.29 is 4.79 Å². The first-order chi connectivity index (χ1) is 8.15. The number of hydrogen-bond donors (Lipinski definition) is 1. The lowest BCUT2D eigenvalue weighted by molar-refractivity contribution is -0.139. The van der Waals surface area contributed by atoms with Gasteiger partial charge in [0.1, 0.15) is 0 Å². The maximum Gasteiger partial charge on any atom is 0.242 e. The molecule has 1 heterocycles. The zero-order valence-electron chi connectivity index (χ0n) is 11.3. The normalized spacial score (nSPS) is 29.1. The van der Waals surface area contributed by atoms with Gasteiger partial charge in [-0.25, -0.2) is 0 Å². The second-order valence-electron chi connectivity index (χ2n) is 5.91. The zero-order chi connectivity index (χ0) is 12.3. The Morgan fingerprint density at radius 2 is 2.18 bits per heavy atom. The largest absolute Gasteiger partial charge is 0.341 e. The SMILES string of the molecule is CCCN(CC1CC1)C(=O)C1(C)CCCCN1. The molecule has 1 unspecified atom stereocenters. The van der Waals surface area contributed by atoms with Gasteiger partial charge < -0.3 is 10.2 Å². The molecule has 3 nitrogen and oxygen atoms in total. The molecule has 2 fully saturated rings. The van der Waals surface area contributed by atoms with Crippen molar-refractivity contribution in [3.8, 4) is 0 Å². The van der Waals surface area contributed by atoms with E-state index in [1.807, 2.05) is 0 Å². The molecule has 1 aliphatic heterocycles. The minimum Gasteiger partial charge on any atom is -0.341 e. The number of amides is 1. The summed E-state index contributed by atoms with van der Waals surface area (Å²) >= 11 is 0. The van der Waals surface area contributed by atoms with Crippen molar-refractivity contribution in [2.24, 2.45) is 5.92 Å². The number of rotatable bonds is 5. The van der Waals surface area contributed by atoms with Gasteiger partial charge in [0.2, 0.25) is 5.91 Å². The van der Waals surface area contributed by atoms with Gasteiger partial charge in [-0.3, -0.25) is 4.79 Å². The van der Waals surface area contributed by atoms with Crippen molar-refractivity contribution in [3.05, 3.63) is 0 Å². The van der Waals surface area contributed by atoms with Gasteiger partial charge in [0.05, 0.1) is 5.54 Å². The van der Waals surface area contributed by atoms with Gasteiger partial charge in [0.15, 0.2) is 0 Å². The quantitative estimate of drug-likeness (QED) is 0.796. The van der Waals surface area contributed by atoms with Crippen LogP contribution in [0, 0.1) is 5.92 Å². The molecule has 0 aromatic rings. The minimum absolute atomic E-state index is 0.289. The number of nitrogens with zero attached hydrogens (tertiary/aromatic N) is 1. The number of hydrogen-bond acceptors (Lipinski definition) is 2. The molecule has 2 aliphatic rings. The average Bonchev–Trinajstić information content (AvgIpc) is 3.12. The first kappa shape index (κ1) is 12.9. The van der Waals surface area contributed by atoms with E-state index in [0.717, 1.165) is 38.4 Å². The Labute approximate surface area is 105 Å². The van der Waals surface area contributed by atoms with Crippen LogP contribution < -0.4 is 5.32 Å². The zero-order valence-corrected chi connectivity index (χ0v) is 11.3. The van der Waals surface area contributed by atoms with E-state index in [9.17, 15) is 4.79 Å². The van der Waals surface area contributed by atoms with E-state index in [1.54, 1.807) is 0 Å². The first-order valence-electron chi connectivity index (χ1n) is 7.20. The number of piperidine rings is 1. The topological polar surface area (TPSA) is 32.3 Å². The number of nitrogens with one attached hydrogen (secondary N) is 1. The lowest BCUT2D eigenvalue weighted by atomic mass is 9.89. The van der Waals surface area contributed by atoms with Crippen LogP contribution in [0.4, 0.5) is 0 Å². The highest BCUT2D eigenvalue weighted by atomic mass is 16.2. The molecule has 1 saturated heterocycles. The molecule has 1 aliphatic carbocycles. The highest BCUT2D eigenvalue weighted by molar-refractivity contribution is 5.86. The van der Waals surface area contributed by atoms with Gasteiger partial charge in [-0.15, -0.1) is 0 Å². The summed E-state index contributed by atoms with van der Waals surface area (Å²) in [6.45, 7) is 7.15. The van der Waals surface area contributed by atoms with Crippen LogP contribution in [-0.2, 0) is 4.79 Å². The molecule has 17 heavy (non-hydrogen) atoms. The fourth-order valence-corrected chi connectivity index (χ4v) is 2.75. The van der Waals surface area contributed by atoms with E-state index in [0.29, 0.717) is 5.91 Å². The van der Waals surface area contributed by atoms with Crippen LogP contribution >= 0.6 is 0 Å². The molecule has 2 rings (SSSR count). The molecule has 1 atom stereocenters. The van der Waals surface area contributed by atoms with E-state index in [2.05, 4.69) is 24.1 Å². The predicted octanol–water partition coefficient (Wildman–Crippen LogP) is 2.17. The number of carbonyl (C=O) groups is 1. The Bertz CT molecular complexity index is 267. The average molecular weight is 238 g/mol. The second-order valence-corrected chi connectivity index (χ2v) is 5.91. The molecule has 1 amide bonds. The summed E-state index contributed by atoms with van der Waals surface area (Å²) in [5.41, 5.74) is -0.289. The lowest BCUT2D eigenvalue weighted by Gasteiger charge is -2.38. The van der Waals surface area contributed by atoms with Gasteiger partial charge in [0, 0.05) is 13.1 Å². The fraction of sp³-hybridized carbons (Fsp3) is 0.929. The van der Waals surface area contributed by atoms with Crippen LogP contribution in [0.2, 0.25) is 0 Å². The highest BCUT2D eigenvalue weighted by Gasteiger charge is 2.38. The van der Waals surface area contributed by atoms with Crippen molar-refractivity contribution in [1.29, 1.82) is 0 Å². The van der Waals surface area contributed by atoms with E-state index in [1.165, 1.54) is 25.7 Å². The third-order valence-corrected chi connectivity index (χ3v) is 4.05.